The van der Waals surface area contributed by atoms with Crippen molar-refractivity contribution in [2.75, 3.05) is 0 Å². The summed E-state index contributed by atoms with van der Waals surface area (Å²) in [6.07, 6.45) is 9.51. The number of imidazole rings is 1. The number of carbonyl (C=O) groups excluding carboxylic acids is 1. The molecule has 1 heterocycles. The summed E-state index contributed by atoms with van der Waals surface area (Å²) >= 11 is 0. The minimum absolute atomic E-state index is 0.0889. The van der Waals surface area contributed by atoms with Gasteiger partial charge >= 0.3 is 0 Å². The smallest absolute Gasteiger partial charge is 0.185 e. The zero-order valence-corrected chi connectivity index (χ0v) is 10.2. The highest BCUT2D eigenvalue weighted by molar-refractivity contribution is 6.00. The summed E-state index contributed by atoms with van der Waals surface area (Å²) in [5.74, 6) is 0.225. The molecule has 2 aromatic rings. The molecule has 0 saturated heterocycles. The largest absolute Gasteiger partial charge is 0.327 e. The Balaban J connectivity index is 2.02. The quantitative estimate of drug-likeness (QED) is 0.768. The number of rotatable bonds is 1. The highest BCUT2D eigenvalue weighted by atomic mass is 16.1. The summed E-state index contributed by atoms with van der Waals surface area (Å²) in [6, 6.07) is 7.90. The van der Waals surface area contributed by atoms with E-state index in [1.165, 1.54) is 5.56 Å². The molecule has 0 fully saturated rings. The molecule has 0 N–H and O–H groups in total. The topological polar surface area (TPSA) is 34.9 Å². The Morgan fingerprint density at radius 3 is 2.94 bits per heavy atom. The number of ketones is 1. The van der Waals surface area contributed by atoms with Gasteiger partial charge in [0, 0.05) is 18.0 Å². The predicted molar refractivity (Wildman–Crippen MR) is 69.6 cm³/mol. The standard InChI is InChI=1S/C15H16N2O/c18-15-13-7-3-1-5-12(13)6-2-4-8-14(15)17-10-9-16-11-17/h1,3,5,7,9-11,14H,2,4,6,8H2. The molecule has 3 nitrogen and oxygen atoms in total. The molecule has 3 rings (SSSR count). The fourth-order valence-corrected chi connectivity index (χ4v) is 2.68. The SMILES string of the molecule is O=C1c2ccccc2CCCCC1n1ccnc1. The van der Waals surface area contributed by atoms with Crippen molar-refractivity contribution < 1.29 is 4.79 Å². The van der Waals surface area contributed by atoms with Gasteiger partial charge in [0.2, 0.25) is 0 Å². The normalized spacial score (nSPS) is 20.0. The lowest BCUT2D eigenvalue weighted by Gasteiger charge is -2.21. The second-order valence-electron chi connectivity index (χ2n) is 4.79. The lowest BCUT2D eigenvalue weighted by Crippen LogP contribution is -2.21. The van der Waals surface area contributed by atoms with Crippen LogP contribution in [0.3, 0.4) is 0 Å². The highest BCUT2D eigenvalue weighted by Gasteiger charge is 2.24. The van der Waals surface area contributed by atoms with E-state index in [0.717, 1.165) is 31.2 Å². The van der Waals surface area contributed by atoms with E-state index in [-0.39, 0.29) is 11.8 Å². The van der Waals surface area contributed by atoms with Crippen LogP contribution < -0.4 is 0 Å². The molecule has 1 aliphatic carbocycles. The Morgan fingerprint density at radius 2 is 2.11 bits per heavy atom. The van der Waals surface area contributed by atoms with Crippen molar-refractivity contribution in [2.45, 2.75) is 31.7 Å². The fourth-order valence-electron chi connectivity index (χ4n) is 2.68. The summed E-state index contributed by atoms with van der Waals surface area (Å²) in [7, 11) is 0. The average molecular weight is 240 g/mol. The highest BCUT2D eigenvalue weighted by Crippen LogP contribution is 2.26. The zero-order chi connectivity index (χ0) is 12.4. The van der Waals surface area contributed by atoms with E-state index >= 15 is 0 Å². The third-order valence-corrected chi connectivity index (χ3v) is 3.64. The number of carbonyl (C=O) groups is 1. The van der Waals surface area contributed by atoms with Crippen molar-refractivity contribution in [1.82, 2.24) is 9.55 Å². The summed E-state index contributed by atoms with van der Waals surface area (Å²) in [5, 5.41) is 0. The Hall–Kier alpha value is -1.90. The Kier molecular flexibility index (Phi) is 2.97. The molecule has 1 aromatic carbocycles. The zero-order valence-electron chi connectivity index (χ0n) is 10.2. The molecule has 3 heteroatoms. The van der Waals surface area contributed by atoms with Gasteiger partial charge in [-0.25, -0.2) is 4.98 Å². The molecule has 0 aliphatic heterocycles. The number of aromatic nitrogens is 2. The van der Waals surface area contributed by atoms with E-state index < -0.39 is 0 Å². The van der Waals surface area contributed by atoms with E-state index in [0.29, 0.717) is 0 Å². The fraction of sp³-hybridized carbons (Fsp3) is 0.333. The maximum Gasteiger partial charge on any atom is 0.185 e. The van der Waals surface area contributed by atoms with Crippen LogP contribution in [-0.2, 0) is 6.42 Å². The second-order valence-corrected chi connectivity index (χ2v) is 4.79. The van der Waals surface area contributed by atoms with Crippen LogP contribution in [0.15, 0.2) is 43.0 Å². The molecular weight excluding hydrogens is 224 g/mol. The van der Waals surface area contributed by atoms with E-state index in [4.69, 9.17) is 0 Å². The van der Waals surface area contributed by atoms with E-state index in [1.54, 1.807) is 12.5 Å². The van der Waals surface area contributed by atoms with E-state index in [9.17, 15) is 4.79 Å². The summed E-state index contributed by atoms with van der Waals surface area (Å²) < 4.78 is 1.93. The predicted octanol–water partition coefficient (Wildman–Crippen LogP) is 3.03. The van der Waals surface area contributed by atoms with Gasteiger partial charge in [0.25, 0.3) is 0 Å². The summed E-state index contributed by atoms with van der Waals surface area (Å²) in [4.78, 5) is 16.7. The van der Waals surface area contributed by atoms with Crippen molar-refractivity contribution in [1.29, 1.82) is 0 Å². The Bertz CT molecular complexity index is 545. The Morgan fingerprint density at radius 1 is 1.22 bits per heavy atom. The van der Waals surface area contributed by atoms with Crippen LogP contribution >= 0.6 is 0 Å². The van der Waals surface area contributed by atoms with E-state index in [1.807, 2.05) is 29.0 Å². The summed E-state index contributed by atoms with van der Waals surface area (Å²) in [5.41, 5.74) is 2.07. The first-order chi connectivity index (χ1) is 8.86. The lowest BCUT2D eigenvalue weighted by molar-refractivity contribution is 0.0913. The first kappa shape index (κ1) is 11.2. The third kappa shape index (κ3) is 1.96. The average Bonchev–Trinajstić information content (AvgIpc) is 2.90. The van der Waals surface area contributed by atoms with Crippen LogP contribution in [0, 0.1) is 0 Å². The maximum atomic E-state index is 12.6. The van der Waals surface area contributed by atoms with Crippen LogP contribution in [0.4, 0.5) is 0 Å². The number of hydrogen-bond donors (Lipinski definition) is 0. The van der Waals surface area contributed by atoms with Gasteiger partial charge in [0.15, 0.2) is 5.78 Å². The van der Waals surface area contributed by atoms with Crippen LogP contribution in [0.2, 0.25) is 0 Å². The first-order valence-electron chi connectivity index (χ1n) is 6.46. The number of aryl methyl sites for hydroxylation is 1. The molecule has 1 atom stereocenters. The van der Waals surface area contributed by atoms with Gasteiger partial charge in [0.05, 0.1) is 12.4 Å². The molecule has 18 heavy (non-hydrogen) atoms. The molecular formula is C15H16N2O. The van der Waals surface area contributed by atoms with Gasteiger partial charge in [0.1, 0.15) is 0 Å². The molecule has 0 spiro atoms. The van der Waals surface area contributed by atoms with Crippen molar-refractivity contribution in [3.63, 3.8) is 0 Å². The van der Waals surface area contributed by atoms with Gasteiger partial charge in [-0.1, -0.05) is 30.7 Å². The second kappa shape index (κ2) is 4.77. The van der Waals surface area contributed by atoms with Gasteiger partial charge in [-0.3, -0.25) is 4.79 Å². The van der Waals surface area contributed by atoms with Crippen molar-refractivity contribution in [2.24, 2.45) is 0 Å². The minimum Gasteiger partial charge on any atom is -0.327 e. The number of benzene rings is 1. The van der Waals surface area contributed by atoms with Gasteiger partial charge in [-0.2, -0.15) is 0 Å². The van der Waals surface area contributed by atoms with Crippen molar-refractivity contribution >= 4 is 5.78 Å². The van der Waals surface area contributed by atoms with Crippen LogP contribution in [-0.4, -0.2) is 15.3 Å². The summed E-state index contributed by atoms with van der Waals surface area (Å²) in [6.45, 7) is 0. The van der Waals surface area contributed by atoms with Crippen LogP contribution in [0.1, 0.15) is 41.2 Å². The molecule has 0 bridgehead atoms. The van der Waals surface area contributed by atoms with Crippen molar-refractivity contribution in [3.05, 3.63) is 54.1 Å². The number of hydrogen-bond acceptors (Lipinski definition) is 2. The molecule has 0 amide bonds. The molecule has 1 unspecified atom stereocenters. The maximum absolute atomic E-state index is 12.6. The molecule has 0 saturated carbocycles. The van der Waals surface area contributed by atoms with Crippen LogP contribution in [0.5, 0.6) is 0 Å². The number of Topliss-reactive ketones (excluding diaryl/α,β-unsaturated/α-hetero) is 1. The van der Waals surface area contributed by atoms with Gasteiger partial charge < -0.3 is 4.57 Å². The van der Waals surface area contributed by atoms with Crippen molar-refractivity contribution in [3.8, 4) is 0 Å². The number of fused-ring (bicyclic) bond motifs is 1. The van der Waals surface area contributed by atoms with Gasteiger partial charge in [-0.15, -0.1) is 0 Å². The third-order valence-electron chi connectivity index (χ3n) is 3.64. The lowest BCUT2D eigenvalue weighted by atomic mass is 9.89. The first-order valence-corrected chi connectivity index (χ1v) is 6.46. The molecule has 1 aliphatic rings. The van der Waals surface area contributed by atoms with E-state index in [2.05, 4.69) is 11.1 Å². The Labute approximate surface area is 106 Å². The number of nitrogens with zero attached hydrogens (tertiary/aromatic N) is 2. The molecule has 1 aromatic heterocycles. The molecule has 0 radical (unpaired) electrons. The monoisotopic (exact) mass is 240 g/mol. The molecule has 92 valence electrons. The van der Waals surface area contributed by atoms with Gasteiger partial charge in [-0.05, 0) is 24.8 Å². The van der Waals surface area contributed by atoms with Crippen LogP contribution in [0.25, 0.3) is 0 Å². The minimum atomic E-state index is -0.0889.